The van der Waals surface area contributed by atoms with Crippen molar-refractivity contribution >= 4 is 37.8 Å². The van der Waals surface area contributed by atoms with E-state index >= 15 is 0 Å². The Labute approximate surface area is 124 Å². The van der Waals surface area contributed by atoms with Gasteiger partial charge in [-0.15, -0.1) is 0 Å². The molecule has 4 nitrogen and oxygen atoms in total. The van der Waals surface area contributed by atoms with E-state index in [1.165, 1.54) is 7.11 Å². The molecule has 1 unspecified atom stereocenters. The van der Waals surface area contributed by atoms with Crippen molar-refractivity contribution in [1.82, 2.24) is 10.3 Å². The Morgan fingerprint density at radius 3 is 2.67 bits per heavy atom. The van der Waals surface area contributed by atoms with Crippen LogP contribution in [0.4, 0.5) is 0 Å². The molecular weight excluding hydrogens is 364 g/mol. The average molecular weight is 380 g/mol. The highest BCUT2D eigenvalue weighted by Crippen LogP contribution is 2.19. The lowest BCUT2D eigenvalue weighted by molar-refractivity contribution is -0.144. The molecule has 0 amide bonds. The lowest BCUT2D eigenvalue weighted by Crippen LogP contribution is -2.41. The van der Waals surface area contributed by atoms with E-state index in [0.717, 1.165) is 14.6 Å². The Morgan fingerprint density at radius 1 is 1.50 bits per heavy atom. The zero-order valence-electron chi connectivity index (χ0n) is 10.5. The Hall–Kier alpha value is -0.460. The second-order valence-electron chi connectivity index (χ2n) is 4.21. The number of ether oxygens (including phenoxy) is 1. The van der Waals surface area contributed by atoms with Crippen molar-refractivity contribution in [2.45, 2.75) is 26.4 Å². The fourth-order valence-corrected chi connectivity index (χ4v) is 2.63. The van der Waals surface area contributed by atoms with Gasteiger partial charge in [0, 0.05) is 21.7 Å². The van der Waals surface area contributed by atoms with Gasteiger partial charge >= 0.3 is 5.97 Å². The van der Waals surface area contributed by atoms with Crippen LogP contribution in [0.15, 0.2) is 21.2 Å². The van der Waals surface area contributed by atoms with Gasteiger partial charge in [0.1, 0.15) is 6.04 Å². The summed E-state index contributed by atoms with van der Waals surface area (Å²) in [5, 5.41) is 3.16. The van der Waals surface area contributed by atoms with Crippen molar-refractivity contribution in [2.24, 2.45) is 5.92 Å². The lowest BCUT2D eigenvalue weighted by atomic mass is 10.0. The van der Waals surface area contributed by atoms with Gasteiger partial charge in [-0.05, 0) is 43.8 Å². The number of aromatic nitrogens is 1. The van der Waals surface area contributed by atoms with Crippen LogP contribution in [0.3, 0.4) is 0 Å². The molecule has 0 aliphatic rings. The summed E-state index contributed by atoms with van der Waals surface area (Å²) in [6.45, 7) is 4.45. The Bertz CT molecular complexity index is 425. The van der Waals surface area contributed by atoms with Crippen molar-refractivity contribution in [1.29, 1.82) is 0 Å². The molecule has 0 saturated heterocycles. The number of hydrogen-bond acceptors (Lipinski definition) is 4. The number of methoxy groups -OCH3 is 1. The molecular formula is C12H16Br2N2O2. The summed E-state index contributed by atoms with van der Waals surface area (Å²) in [6.07, 6.45) is 1.73. The molecule has 1 N–H and O–H groups in total. The number of rotatable bonds is 5. The summed E-state index contributed by atoms with van der Waals surface area (Å²) in [7, 11) is 1.40. The van der Waals surface area contributed by atoms with Crippen molar-refractivity contribution in [3.63, 3.8) is 0 Å². The van der Waals surface area contributed by atoms with E-state index in [1.54, 1.807) is 6.20 Å². The lowest BCUT2D eigenvalue weighted by Gasteiger charge is -2.19. The van der Waals surface area contributed by atoms with Crippen LogP contribution in [0.1, 0.15) is 19.5 Å². The Morgan fingerprint density at radius 2 is 2.17 bits per heavy atom. The van der Waals surface area contributed by atoms with Gasteiger partial charge in [0.05, 0.1) is 12.8 Å². The molecule has 6 heteroatoms. The van der Waals surface area contributed by atoms with Gasteiger partial charge in [0.25, 0.3) is 0 Å². The first-order valence-corrected chi connectivity index (χ1v) is 7.15. The molecule has 1 rings (SSSR count). The fraction of sp³-hybridized carbons (Fsp3) is 0.500. The molecule has 0 radical (unpaired) electrons. The molecule has 1 heterocycles. The standard InChI is InChI=1S/C12H16Br2N2O2/c1-7(2)11(12(17)18-3)16-6-10-9(14)4-8(13)5-15-10/h4-5,7,11,16H,6H2,1-3H3. The molecule has 1 atom stereocenters. The van der Waals surface area contributed by atoms with Crippen molar-refractivity contribution in [2.75, 3.05) is 7.11 Å². The summed E-state index contributed by atoms with van der Waals surface area (Å²) in [5.74, 6) is -0.0927. The highest BCUT2D eigenvalue weighted by molar-refractivity contribution is 9.11. The first kappa shape index (κ1) is 15.6. The fourth-order valence-electron chi connectivity index (χ4n) is 1.50. The predicted molar refractivity (Wildman–Crippen MR) is 77.1 cm³/mol. The van der Waals surface area contributed by atoms with Crippen LogP contribution >= 0.6 is 31.9 Å². The van der Waals surface area contributed by atoms with Crippen molar-refractivity contribution in [3.05, 3.63) is 26.9 Å². The molecule has 0 bridgehead atoms. The molecule has 0 aromatic carbocycles. The second kappa shape index (κ2) is 7.21. The quantitative estimate of drug-likeness (QED) is 0.799. The number of carbonyl (C=O) groups excluding carboxylic acids is 1. The van der Waals surface area contributed by atoms with E-state index < -0.39 is 0 Å². The SMILES string of the molecule is COC(=O)C(NCc1ncc(Br)cc1Br)C(C)C. The minimum absolute atomic E-state index is 0.159. The molecule has 0 aliphatic carbocycles. The smallest absolute Gasteiger partial charge is 0.323 e. The first-order valence-electron chi connectivity index (χ1n) is 5.56. The van der Waals surface area contributed by atoms with Gasteiger partial charge in [-0.2, -0.15) is 0 Å². The summed E-state index contributed by atoms with van der Waals surface area (Å²) in [6, 6.07) is 1.60. The monoisotopic (exact) mass is 378 g/mol. The maximum atomic E-state index is 11.6. The van der Waals surface area contributed by atoms with Gasteiger partial charge in [-0.3, -0.25) is 15.1 Å². The Kier molecular flexibility index (Phi) is 6.25. The van der Waals surface area contributed by atoms with Crippen LogP contribution in [0.25, 0.3) is 0 Å². The Balaban J connectivity index is 2.70. The predicted octanol–water partition coefficient (Wildman–Crippen LogP) is 2.89. The number of hydrogen-bond donors (Lipinski definition) is 1. The number of nitrogens with one attached hydrogen (secondary N) is 1. The van der Waals surface area contributed by atoms with Crippen LogP contribution in [0.5, 0.6) is 0 Å². The maximum absolute atomic E-state index is 11.6. The summed E-state index contributed by atoms with van der Waals surface area (Å²) in [5.41, 5.74) is 0.854. The minimum Gasteiger partial charge on any atom is -0.468 e. The van der Waals surface area contributed by atoms with Gasteiger partial charge in [-0.25, -0.2) is 0 Å². The molecule has 1 aromatic rings. The highest BCUT2D eigenvalue weighted by Gasteiger charge is 2.22. The molecule has 1 aromatic heterocycles. The topological polar surface area (TPSA) is 51.2 Å². The van der Waals surface area contributed by atoms with Crippen LogP contribution in [0.2, 0.25) is 0 Å². The third-order valence-corrected chi connectivity index (χ3v) is 3.62. The maximum Gasteiger partial charge on any atom is 0.323 e. The van der Waals surface area contributed by atoms with Gasteiger partial charge < -0.3 is 4.74 Å². The molecule has 0 fully saturated rings. The summed E-state index contributed by atoms with van der Waals surface area (Å²) in [4.78, 5) is 15.9. The van der Waals surface area contributed by atoms with E-state index in [9.17, 15) is 4.79 Å². The van der Waals surface area contributed by atoms with Gasteiger partial charge in [0.2, 0.25) is 0 Å². The van der Waals surface area contributed by atoms with E-state index in [-0.39, 0.29) is 17.9 Å². The van der Waals surface area contributed by atoms with Crippen molar-refractivity contribution < 1.29 is 9.53 Å². The number of nitrogens with zero attached hydrogens (tertiary/aromatic N) is 1. The molecule has 0 aliphatic heterocycles. The molecule has 100 valence electrons. The van der Waals surface area contributed by atoms with E-state index in [2.05, 4.69) is 42.2 Å². The van der Waals surface area contributed by atoms with Gasteiger partial charge in [-0.1, -0.05) is 13.8 Å². The number of pyridine rings is 1. The number of carbonyl (C=O) groups is 1. The summed E-state index contributed by atoms with van der Waals surface area (Å²) >= 11 is 6.79. The largest absolute Gasteiger partial charge is 0.468 e. The van der Waals surface area contributed by atoms with Crippen molar-refractivity contribution in [3.8, 4) is 0 Å². The zero-order valence-corrected chi connectivity index (χ0v) is 13.7. The van der Waals surface area contributed by atoms with Gasteiger partial charge in [0.15, 0.2) is 0 Å². The second-order valence-corrected chi connectivity index (χ2v) is 5.98. The molecule has 0 spiro atoms. The average Bonchev–Trinajstić information content (AvgIpc) is 2.31. The molecule has 0 saturated carbocycles. The van der Waals surface area contributed by atoms with Crippen LogP contribution < -0.4 is 5.32 Å². The van der Waals surface area contributed by atoms with E-state index in [4.69, 9.17) is 4.74 Å². The van der Waals surface area contributed by atoms with E-state index in [0.29, 0.717) is 6.54 Å². The van der Waals surface area contributed by atoms with E-state index in [1.807, 2.05) is 19.9 Å². The highest BCUT2D eigenvalue weighted by atomic mass is 79.9. The van der Waals surface area contributed by atoms with Crippen LogP contribution in [-0.4, -0.2) is 24.1 Å². The number of esters is 1. The van der Waals surface area contributed by atoms with Crippen LogP contribution in [0, 0.1) is 5.92 Å². The summed E-state index contributed by atoms with van der Waals surface area (Å²) < 4.78 is 6.58. The third-order valence-electron chi connectivity index (χ3n) is 2.50. The van der Waals surface area contributed by atoms with Crippen LogP contribution in [-0.2, 0) is 16.1 Å². The third kappa shape index (κ3) is 4.33. The normalized spacial score (nSPS) is 12.6. The molecule has 18 heavy (non-hydrogen) atoms. The first-order chi connectivity index (χ1) is 8.45. The number of halogens is 2. The minimum atomic E-state index is -0.327. The zero-order chi connectivity index (χ0) is 13.7.